The van der Waals surface area contributed by atoms with Gasteiger partial charge in [0.15, 0.2) is 5.76 Å². The molecule has 1 aromatic carbocycles. The van der Waals surface area contributed by atoms with Gasteiger partial charge in [-0.3, -0.25) is 4.79 Å². The van der Waals surface area contributed by atoms with Gasteiger partial charge in [0.1, 0.15) is 0 Å². The lowest BCUT2D eigenvalue weighted by atomic mass is 10.1. The van der Waals surface area contributed by atoms with Crippen molar-refractivity contribution in [3.63, 3.8) is 0 Å². The largest absolute Gasteiger partial charge is 0.397 e. The second-order valence-electron chi connectivity index (χ2n) is 3.71. The Morgan fingerprint density at radius 3 is 2.94 bits per heavy atom. The van der Waals surface area contributed by atoms with Crippen molar-refractivity contribution in [3.05, 3.63) is 41.8 Å². The van der Waals surface area contributed by atoms with E-state index in [2.05, 4.69) is 15.8 Å². The lowest BCUT2D eigenvalue weighted by Crippen LogP contribution is -2.18. The number of benzene rings is 1. The molecule has 94 valence electrons. The topological polar surface area (TPSA) is 93.2 Å². The molecule has 1 heterocycles. The number of nitrogens with zero attached hydrogens (tertiary/aromatic N) is 1. The van der Waals surface area contributed by atoms with Crippen molar-refractivity contribution < 1.29 is 9.32 Å². The summed E-state index contributed by atoms with van der Waals surface area (Å²) in [5.41, 5.74) is 7.64. The number of anilines is 2. The van der Waals surface area contributed by atoms with E-state index in [9.17, 15) is 4.79 Å². The molecule has 0 spiro atoms. The molecule has 1 amide bonds. The van der Waals surface area contributed by atoms with Crippen molar-refractivity contribution in [2.75, 3.05) is 18.1 Å². The van der Waals surface area contributed by atoms with Crippen LogP contribution in [0.4, 0.5) is 11.4 Å². The smallest absolute Gasteiger partial charge is 0.251 e. The van der Waals surface area contributed by atoms with Gasteiger partial charge in [-0.05, 0) is 18.2 Å². The zero-order chi connectivity index (χ0) is 13.0. The molecule has 0 bridgehead atoms. The minimum atomic E-state index is -0.155. The normalized spacial score (nSPS) is 10.1. The summed E-state index contributed by atoms with van der Waals surface area (Å²) in [6.45, 7) is 0.460. The fourth-order valence-corrected chi connectivity index (χ4v) is 1.51. The van der Waals surface area contributed by atoms with Gasteiger partial charge in [-0.1, -0.05) is 5.16 Å². The molecule has 1 aromatic heterocycles. The van der Waals surface area contributed by atoms with E-state index in [4.69, 9.17) is 10.3 Å². The molecule has 0 aliphatic carbocycles. The third-order valence-electron chi connectivity index (χ3n) is 2.49. The first-order chi connectivity index (χ1) is 8.70. The van der Waals surface area contributed by atoms with Crippen molar-refractivity contribution >= 4 is 17.3 Å². The Balaban J connectivity index is 2.13. The summed E-state index contributed by atoms with van der Waals surface area (Å²) in [4.78, 5) is 11.5. The second-order valence-corrected chi connectivity index (χ2v) is 3.71. The molecule has 6 heteroatoms. The van der Waals surface area contributed by atoms with Crippen LogP contribution in [0.5, 0.6) is 0 Å². The van der Waals surface area contributed by atoms with Crippen LogP contribution in [0.1, 0.15) is 16.1 Å². The molecule has 4 N–H and O–H groups in total. The van der Waals surface area contributed by atoms with Crippen LogP contribution >= 0.6 is 0 Å². The molecule has 0 aliphatic rings. The lowest BCUT2D eigenvalue weighted by Gasteiger charge is -2.09. The summed E-state index contributed by atoms with van der Waals surface area (Å²) in [5, 5.41) is 9.26. The molecule has 2 rings (SSSR count). The molecule has 0 unspecified atom stereocenters. The van der Waals surface area contributed by atoms with Gasteiger partial charge in [0.05, 0.1) is 24.1 Å². The highest BCUT2D eigenvalue weighted by Gasteiger charge is 2.07. The highest BCUT2D eigenvalue weighted by atomic mass is 16.5. The number of aromatic nitrogens is 1. The van der Waals surface area contributed by atoms with Gasteiger partial charge in [-0.2, -0.15) is 0 Å². The molecule has 0 fully saturated rings. The average molecular weight is 246 g/mol. The Labute approximate surface area is 104 Å². The van der Waals surface area contributed by atoms with Crippen LogP contribution in [-0.2, 0) is 6.54 Å². The van der Waals surface area contributed by atoms with Crippen molar-refractivity contribution in [3.8, 4) is 0 Å². The first-order valence-corrected chi connectivity index (χ1v) is 5.45. The number of hydrogen-bond donors (Lipinski definition) is 3. The van der Waals surface area contributed by atoms with E-state index in [1.807, 2.05) is 0 Å². The molecule has 0 saturated carbocycles. The van der Waals surface area contributed by atoms with E-state index < -0.39 is 0 Å². The minimum Gasteiger partial charge on any atom is -0.397 e. The number of amides is 1. The van der Waals surface area contributed by atoms with Crippen LogP contribution in [0.3, 0.4) is 0 Å². The number of rotatable bonds is 4. The van der Waals surface area contributed by atoms with Crippen molar-refractivity contribution in [1.82, 2.24) is 10.5 Å². The molecule has 0 aliphatic heterocycles. The Hall–Kier alpha value is -2.50. The first kappa shape index (κ1) is 12.0. The highest BCUT2D eigenvalue weighted by Crippen LogP contribution is 2.20. The zero-order valence-corrected chi connectivity index (χ0v) is 9.93. The summed E-state index contributed by atoms with van der Waals surface area (Å²) >= 11 is 0. The van der Waals surface area contributed by atoms with E-state index in [0.717, 1.165) is 0 Å². The van der Waals surface area contributed by atoms with Gasteiger partial charge in [0, 0.05) is 18.7 Å². The molecule has 0 radical (unpaired) electrons. The number of hydrogen-bond acceptors (Lipinski definition) is 5. The van der Waals surface area contributed by atoms with Gasteiger partial charge in [0.25, 0.3) is 5.91 Å². The summed E-state index contributed by atoms with van der Waals surface area (Å²) in [6.07, 6.45) is 1.57. The maximum absolute atomic E-state index is 11.5. The van der Waals surface area contributed by atoms with Crippen LogP contribution in [-0.4, -0.2) is 18.1 Å². The van der Waals surface area contributed by atoms with Gasteiger partial charge in [0.2, 0.25) is 0 Å². The summed E-state index contributed by atoms with van der Waals surface area (Å²) in [7, 11) is 1.58. The standard InChI is InChI=1S/C12H14N4O2/c1-14-12(17)8-2-3-10(13)11(6-8)15-7-9-4-5-16-18-9/h2-6,15H,7,13H2,1H3,(H,14,17). The van der Waals surface area contributed by atoms with Crippen LogP contribution in [0.25, 0.3) is 0 Å². The fraction of sp³-hybridized carbons (Fsp3) is 0.167. The van der Waals surface area contributed by atoms with E-state index in [0.29, 0.717) is 29.2 Å². The van der Waals surface area contributed by atoms with E-state index in [1.165, 1.54) is 0 Å². The molecule has 6 nitrogen and oxygen atoms in total. The molecule has 0 atom stereocenters. The SMILES string of the molecule is CNC(=O)c1ccc(N)c(NCc2ccno2)c1. The lowest BCUT2D eigenvalue weighted by molar-refractivity contribution is 0.0963. The maximum Gasteiger partial charge on any atom is 0.251 e. The van der Waals surface area contributed by atoms with E-state index in [1.54, 1.807) is 37.5 Å². The highest BCUT2D eigenvalue weighted by molar-refractivity contribution is 5.96. The van der Waals surface area contributed by atoms with Gasteiger partial charge in [-0.25, -0.2) is 0 Å². The predicted octanol–water partition coefficient (Wildman–Crippen LogP) is 1.23. The summed E-state index contributed by atoms with van der Waals surface area (Å²) in [5.74, 6) is 0.539. The summed E-state index contributed by atoms with van der Waals surface area (Å²) < 4.78 is 4.96. The molecule has 0 saturated heterocycles. The van der Waals surface area contributed by atoms with Crippen LogP contribution in [0.2, 0.25) is 0 Å². The third kappa shape index (κ3) is 2.60. The first-order valence-electron chi connectivity index (χ1n) is 5.45. The minimum absolute atomic E-state index is 0.155. The summed E-state index contributed by atoms with van der Waals surface area (Å²) in [6, 6.07) is 6.82. The Morgan fingerprint density at radius 2 is 2.28 bits per heavy atom. The Morgan fingerprint density at radius 1 is 1.44 bits per heavy atom. The third-order valence-corrected chi connectivity index (χ3v) is 2.49. The molecular formula is C12H14N4O2. The van der Waals surface area contributed by atoms with Crippen LogP contribution < -0.4 is 16.4 Å². The molecule has 2 aromatic rings. The number of nitrogens with two attached hydrogens (primary N) is 1. The second kappa shape index (κ2) is 5.22. The number of nitrogens with one attached hydrogen (secondary N) is 2. The van der Waals surface area contributed by atoms with Crippen LogP contribution in [0.15, 0.2) is 35.0 Å². The number of carbonyl (C=O) groups is 1. The fourth-order valence-electron chi connectivity index (χ4n) is 1.51. The van der Waals surface area contributed by atoms with Gasteiger partial charge in [-0.15, -0.1) is 0 Å². The quantitative estimate of drug-likeness (QED) is 0.705. The maximum atomic E-state index is 11.5. The van der Waals surface area contributed by atoms with Gasteiger partial charge >= 0.3 is 0 Å². The van der Waals surface area contributed by atoms with Crippen molar-refractivity contribution in [2.45, 2.75) is 6.54 Å². The number of carbonyl (C=O) groups excluding carboxylic acids is 1. The number of nitrogen functional groups attached to an aromatic ring is 1. The molecule has 18 heavy (non-hydrogen) atoms. The van der Waals surface area contributed by atoms with E-state index >= 15 is 0 Å². The van der Waals surface area contributed by atoms with E-state index in [-0.39, 0.29) is 5.91 Å². The Bertz CT molecular complexity index is 537. The van der Waals surface area contributed by atoms with Crippen LogP contribution in [0, 0.1) is 0 Å². The Kier molecular flexibility index (Phi) is 3.47. The van der Waals surface area contributed by atoms with Crippen molar-refractivity contribution in [2.24, 2.45) is 0 Å². The zero-order valence-electron chi connectivity index (χ0n) is 9.93. The predicted molar refractivity (Wildman–Crippen MR) is 68.1 cm³/mol. The monoisotopic (exact) mass is 246 g/mol. The van der Waals surface area contributed by atoms with Crippen molar-refractivity contribution in [1.29, 1.82) is 0 Å². The molecular weight excluding hydrogens is 232 g/mol. The van der Waals surface area contributed by atoms with Gasteiger partial charge < -0.3 is 20.9 Å². The average Bonchev–Trinajstić information content (AvgIpc) is 2.90.